The molecule has 1 heterocycles. The highest BCUT2D eigenvalue weighted by Crippen LogP contribution is 2.27. The molecule has 0 fully saturated rings. The van der Waals surface area contributed by atoms with Gasteiger partial charge in [-0.05, 0) is 58.6 Å². The fourth-order valence-electron chi connectivity index (χ4n) is 3.68. The van der Waals surface area contributed by atoms with Crippen molar-refractivity contribution in [3.8, 4) is 11.1 Å². The Morgan fingerprint density at radius 1 is 0.968 bits per heavy atom. The number of hydrogen-bond donors (Lipinski definition) is 3. The fourth-order valence-corrected chi connectivity index (χ4v) is 3.68. The van der Waals surface area contributed by atoms with Crippen molar-refractivity contribution < 1.29 is 15.0 Å². The maximum absolute atomic E-state index is 11.4. The van der Waals surface area contributed by atoms with Crippen molar-refractivity contribution in [2.24, 2.45) is 0 Å². The third-order valence-electron chi connectivity index (χ3n) is 5.40. The minimum Gasteiger partial charge on any atom is -0.478 e. The molecular formula is C26H24N2O3. The molecular weight excluding hydrogens is 388 g/mol. The normalized spacial score (nSPS) is 12.0. The zero-order chi connectivity index (χ0) is 21.6. The lowest BCUT2D eigenvalue weighted by atomic mass is 9.97. The Morgan fingerprint density at radius 2 is 1.77 bits per heavy atom. The maximum Gasteiger partial charge on any atom is 0.336 e. The molecule has 31 heavy (non-hydrogen) atoms. The summed E-state index contributed by atoms with van der Waals surface area (Å²) in [6.45, 7) is 1.25. The molecule has 3 N–H and O–H groups in total. The van der Waals surface area contributed by atoms with Crippen molar-refractivity contribution in [2.45, 2.75) is 12.5 Å². The molecule has 0 aliphatic heterocycles. The number of carboxylic acids is 1. The fraction of sp³-hybridized carbons (Fsp3) is 0.154. The zero-order valence-electron chi connectivity index (χ0n) is 17.0. The molecule has 4 rings (SSSR count). The molecule has 0 unspecified atom stereocenters. The number of aliphatic hydroxyl groups excluding tert-OH is 1. The molecule has 0 aliphatic rings. The number of nitrogens with zero attached hydrogens (tertiary/aromatic N) is 1. The Kier molecular flexibility index (Phi) is 6.36. The van der Waals surface area contributed by atoms with E-state index in [2.05, 4.69) is 34.6 Å². The van der Waals surface area contributed by atoms with Crippen LogP contribution in [0.3, 0.4) is 0 Å². The Balaban J connectivity index is 1.36. The first-order chi connectivity index (χ1) is 15.1. The second-order valence-corrected chi connectivity index (χ2v) is 7.50. The molecule has 4 aromatic rings. The second kappa shape index (κ2) is 9.51. The topological polar surface area (TPSA) is 82.5 Å². The number of aliphatic hydroxyl groups is 1. The molecule has 5 nitrogen and oxygen atoms in total. The number of hydrogen-bond acceptors (Lipinski definition) is 4. The van der Waals surface area contributed by atoms with Crippen molar-refractivity contribution in [1.82, 2.24) is 10.3 Å². The van der Waals surface area contributed by atoms with Crippen LogP contribution in [0.25, 0.3) is 21.9 Å². The highest BCUT2D eigenvalue weighted by Gasteiger charge is 2.09. The van der Waals surface area contributed by atoms with Crippen molar-refractivity contribution in [1.29, 1.82) is 0 Å². The summed E-state index contributed by atoms with van der Waals surface area (Å²) in [7, 11) is 0. The molecule has 0 saturated heterocycles. The SMILES string of the molecule is O=C(O)c1cccc2cc(-c3ccc(CCNC[C@H](O)c4cccnc4)cc3)ccc12. The summed E-state index contributed by atoms with van der Waals surface area (Å²) in [4.78, 5) is 15.4. The number of aromatic nitrogens is 1. The van der Waals surface area contributed by atoms with Gasteiger partial charge in [0.2, 0.25) is 0 Å². The average Bonchev–Trinajstić information content (AvgIpc) is 2.82. The van der Waals surface area contributed by atoms with E-state index in [4.69, 9.17) is 0 Å². The van der Waals surface area contributed by atoms with Gasteiger partial charge in [-0.15, -0.1) is 0 Å². The van der Waals surface area contributed by atoms with Gasteiger partial charge in [0.15, 0.2) is 0 Å². The van der Waals surface area contributed by atoms with Gasteiger partial charge >= 0.3 is 5.97 Å². The number of rotatable bonds is 8. The summed E-state index contributed by atoms with van der Waals surface area (Å²) in [6.07, 6.45) is 3.67. The summed E-state index contributed by atoms with van der Waals surface area (Å²) in [5, 5.41) is 24.5. The van der Waals surface area contributed by atoms with Crippen LogP contribution in [0, 0.1) is 0 Å². The van der Waals surface area contributed by atoms with Gasteiger partial charge in [0.1, 0.15) is 0 Å². The van der Waals surface area contributed by atoms with Gasteiger partial charge in [0, 0.05) is 24.5 Å². The Labute approximate surface area is 181 Å². The Bertz CT molecular complexity index is 1170. The molecule has 0 radical (unpaired) electrons. The van der Waals surface area contributed by atoms with Crippen LogP contribution in [0.15, 0.2) is 85.2 Å². The van der Waals surface area contributed by atoms with Gasteiger partial charge in [-0.2, -0.15) is 0 Å². The zero-order valence-corrected chi connectivity index (χ0v) is 17.0. The van der Waals surface area contributed by atoms with Crippen molar-refractivity contribution >= 4 is 16.7 Å². The number of fused-ring (bicyclic) bond motifs is 1. The number of benzene rings is 3. The molecule has 156 valence electrons. The molecule has 0 spiro atoms. The van der Waals surface area contributed by atoms with Gasteiger partial charge in [-0.3, -0.25) is 4.98 Å². The van der Waals surface area contributed by atoms with E-state index in [0.29, 0.717) is 12.1 Å². The van der Waals surface area contributed by atoms with E-state index in [9.17, 15) is 15.0 Å². The highest BCUT2D eigenvalue weighted by molar-refractivity contribution is 6.04. The van der Waals surface area contributed by atoms with Crippen molar-refractivity contribution in [2.75, 3.05) is 13.1 Å². The van der Waals surface area contributed by atoms with Gasteiger partial charge < -0.3 is 15.5 Å². The van der Waals surface area contributed by atoms with Crippen molar-refractivity contribution in [3.05, 3.63) is 102 Å². The quantitative estimate of drug-likeness (QED) is 0.372. The molecule has 0 amide bonds. The number of carboxylic acid groups (broad SMARTS) is 1. The van der Waals surface area contributed by atoms with E-state index in [0.717, 1.165) is 40.4 Å². The molecule has 1 atom stereocenters. The van der Waals surface area contributed by atoms with Gasteiger partial charge in [-0.1, -0.05) is 54.6 Å². The van der Waals surface area contributed by atoms with E-state index >= 15 is 0 Å². The highest BCUT2D eigenvalue weighted by atomic mass is 16.4. The monoisotopic (exact) mass is 412 g/mol. The summed E-state index contributed by atoms with van der Waals surface area (Å²) in [5.41, 5.74) is 4.48. The van der Waals surface area contributed by atoms with Crippen LogP contribution in [0.4, 0.5) is 0 Å². The molecule has 0 bridgehead atoms. The van der Waals surface area contributed by atoms with E-state index in [1.54, 1.807) is 24.5 Å². The van der Waals surface area contributed by atoms with E-state index < -0.39 is 12.1 Å². The maximum atomic E-state index is 11.4. The van der Waals surface area contributed by atoms with Crippen LogP contribution in [0.1, 0.15) is 27.6 Å². The number of nitrogens with one attached hydrogen (secondary N) is 1. The summed E-state index contributed by atoms with van der Waals surface area (Å²) in [6, 6.07) is 23.3. The van der Waals surface area contributed by atoms with Crippen LogP contribution in [0.5, 0.6) is 0 Å². The van der Waals surface area contributed by atoms with Crippen LogP contribution < -0.4 is 5.32 Å². The standard InChI is InChI=1S/C26H24N2O3/c29-25(22-4-2-13-27-16-22)17-28-14-12-18-6-8-19(9-7-18)20-10-11-23-21(15-20)3-1-5-24(23)26(30)31/h1-11,13,15-16,25,28-29H,12,14,17H2,(H,30,31)/t25-/m0/s1. The number of carbonyl (C=O) groups is 1. The molecule has 3 aromatic carbocycles. The Hall–Kier alpha value is -3.54. The first kappa shape index (κ1) is 20.7. The largest absolute Gasteiger partial charge is 0.478 e. The minimum atomic E-state index is -0.913. The number of pyridine rings is 1. The first-order valence-electron chi connectivity index (χ1n) is 10.3. The summed E-state index contributed by atoms with van der Waals surface area (Å²) in [5.74, 6) is -0.913. The molecule has 0 aliphatic carbocycles. The second-order valence-electron chi connectivity index (χ2n) is 7.50. The smallest absolute Gasteiger partial charge is 0.336 e. The van der Waals surface area contributed by atoms with Crippen LogP contribution in [-0.2, 0) is 6.42 Å². The van der Waals surface area contributed by atoms with Crippen LogP contribution in [0.2, 0.25) is 0 Å². The minimum absolute atomic E-state index is 0.320. The lowest BCUT2D eigenvalue weighted by Gasteiger charge is -2.12. The van der Waals surface area contributed by atoms with Crippen LogP contribution >= 0.6 is 0 Å². The van der Waals surface area contributed by atoms with Gasteiger partial charge in [0.25, 0.3) is 0 Å². The predicted octanol–water partition coefficient (Wildman–Crippen LogP) is 4.47. The van der Waals surface area contributed by atoms with Crippen molar-refractivity contribution in [3.63, 3.8) is 0 Å². The summed E-state index contributed by atoms with van der Waals surface area (Å²) >= 11 is 0. The summed E-state index contributed by atoms with van der Waals surface area (Å²) < 4.78 is 0. The number of aromatic carboxylic acids is 1. The Morgan fingerprint density at radius 3 is 2.52 bits per heavy atom. The predicted molar refractivity (Wildman–Crippen MR) is 122 cm³/mol. The third kappa shape index (κ3) is 4.97. The molecule has 0 saturated carbocycles. The molecule has 5 heteroatoms. The van der Waals surface area contributed by atoms with Crippen LogP contribution in [-0.4, -0.2) is 34.3 Å². The molecule has 1 aromatic heterocycles. The van der Waals surface area contributed by atoms with Gasteiger partial charge in [-0.25, -0.2) is 4.79 Å². The van der Waals surface area contributed by atoms with Gasteiger partial charge in [0.05, 0.1) is 11.7 Å². The first-order valence-corrected chi connectivity index (χ1v) is 10.3. The lowest BCUT2D eigenvalue weighted by Crippen LogP contribution is -2.23. The average molecular weight is 412 g/mol. The van der Waals surface area contributed by atoms with E-state index in [1.165, 1.54) is 5.56 Å². The third-order valence-corrected chi connectivity index (χ3v) is 5.40. The lowest BCUT2D eigenvalue weighted by molar-refractivity contribution is 0.0699. The van der Waals surface area contributed by atoms with E-state index in [1.807, 2.05) is 36.4 Å². The van der Waals surface area contributed by atoms with E-state index in [-0.39, 0.29) is 0 Å².